The predicted molar refractivity (Wildman–Crippen MR) is 97.5 cm³/mol. The van der Waals surface area contributed by atoms with Crippen LogP contribution in [0.4, 0.5) is 4.39 Å². The Labute approximate surface area is 153 Å². The molecule has 6 heteroatoms. The molecule has 0 unspecified atom stereocenters. The average Bonchev–Trinajstić information content (AvgIpc) is 2.45. The summed E-state index contributed by atoms with van der Waals surface area (Å²) in [6, 6.07) is 10.6. The number of halogens is 4. The van der Waals surface area contributed by atoms with Crippen LogP contribution in [0.25, 0.3) is 0 Å². The van der Waals surface area contributed by atoms with E-state index in [-0.39, 0.29) is 18.2 Å². The summed E-state index contributed by atoms with van der Waals surface area (Å²) in [4.78, 5) is 0. The van der Waals surface area contributed by atoms with E-state index in [1.807, 2.05) is 24.3 Å². The Morgan fingerprint density at radius 1 is 1.14 bits per heavy atom. The zero-order valence-electron chi connectivity index (χ0n) is 12.0. The van der Waals surface area contributed by atoms with Crippen LogP contribution in [0.3, 0.4) is 0 Å². The van der Waals surface area contributed by atoms with Crippen molar-refractivity contribution in [2.75, 3.05) is 13.7 Å². The van der Waals surface area contributed by atoms with Gasteiger partial charge in [-0.15, -0.1) is 12.4 Å². The summed E-state index contributed by atoms with van der Waals surface area (Å²) in [5.41, 5.74) is 2.20. The van der Waals surface area contributed by atoms with Crippen LogP contribution in [-0.4, -0.2) is 13.7 Å². The number of rotatable bonds is 6. The van der Waals surface area contributed by atoms with Gasteiger partial charge in [-0.3, -0.25) is 0 Å². The fourth-order valence-electron chi connectivity index (χ4n) is 2.08. The van der Waals surface area contributed by atoms with Crippen LogP contribution in [-0.2, 0) is 13.0 Å². The molecule has 0 atom stereocenters. The minimum absolute atomic E-state index is 0. The van der Waals surface area contributed by atoms with Crippen molar-refractivity contribution in [1.82, 2.24) is 5.32 Å². The van der Waals surface area contributed by atoms with Crippen LogP contribution in [0.2, 0.25) is 0 Å². The minimum Gasteiger partial charge on any atom is -0.495 e. The molecule has 0 saturated carbocycles. The molecule has 0 amide bonds. The van der Waals surface area contributed by atoms with Gasteiger partial charge in [0.25, 0.3) is 0 Å². The second kappa shape index (κ2) is 9.50. The van der Waals surface area contributed by atoms with Gasteiger partial charge in [0.15, 0.2) is 0 Å². The summed E-state index contributed by atoms with van der Waals surface area (Å²) in [7, 11) is 1.66. The smallest absolute Gasteiger partial charge is 0.137 e. The maximum Gasteiger partial charge on any atom is 0.137 e. The molecule has 2 nitrogen and oxygen atoms in total. The van der Waals surface area contributed by atoms with Crippen LogP contribution >= 0.6 is 44.3 Å². The Hall–Kier alpha value is -0.620. The largest absolute Gasteiger partial charge is 0.495 e. The molecule has 0 aliphatic heterocycles. The van der Waals surface area contributed by atoms with E-state index >= 15 is 0 Å². The van der Waals surface area contributed by atoms with Gasteiger partial charge in [-0.2, -0.15) is 0 Å². The molecule has 0 bridgehead atoms. The Balaban J connectivity index is 0.00000242. The number of benzene rings is 2. The molecule has 0 radical (unpaired) electrons. The Morgan fingerprint density at radius 3 is 2.45 bits per heavy atom. The molecule has 2 aromatic carbocycles. The molecular weight excluding hydrogens is 436 g/mol. The van der Waals surface area contributed by atoms with E-state index in [9.17, 15) is 4.39 Å². The van der Waals surface area contributed by atoms with Gasteiger partial charge in [-0.05, 0) is 58.7 Å². The maximum absolute atomic E-state index is 12.8. The lowest BCUT2D eigenvalue weighted by molar-refractivity contribution is 0.405. The highest BCUT2D eigenvalue weighted by atomic mass is 79.9. The van der Waals surface area contributed by atoms with Gasteiger partial charge in [-0.25, -0.2) is 4.39 Å². The summed E-state index contributed by atoms with van der Waals surface area (Å²) in [6.07, 6.45) is 0.859. The Morgan fingerprint density at radius 2 is 1.82 bits per heavy atom. The third-order valence-electron chi connectivity index (χ3n) is 3.11. The highest BCUT2D eigenvalue weighted by Gasteiger charge is 2.08. The van der Waals surface area contributed by atoms with Crippen LogP contribution in [0, 0.1) is 5.82 Å². The molecule has 0 aromatic heterocycles. The van der Waals surface area contributed by atoms with Crippen LogP contribution in [0.15, 0.2) is 45.3 Å². The highest BCUT2D eigenvalue weighted by molar-refractivity contribution is 9.11. The molecule has 0 saturated heterocycles. The van der Waals surface area contributed by atoms with Crippen molar-refractivity contribution < 1.29 is 9.13 Å². The molecule has 0 heterocycles. The molecule has 0 spiro atoms. The lowest BCUT2D eigenvalue weighted by atomic mass is 10.1. The first-order valence-electron chi connectivity index (χ1n) is 6.57. The van der Waals surface area contributed by atoms with Gasteiger partial charge in [0.1, 0.15) is 11.6 Å². The van der Waals surface area contributed by atoms with E-state index in [1.54, 1.807) is 7.11 Å². The van der Waals surface area contributed by atoms with E-state index in [1.165, 1.54) is 12.1 Å². The number of ether oxygens (including phenoxy) is 1. The lowest BCUT2D eigenvalue weighted by Crippen LogP contribution is -2.17. The molecule has 0 fully saturated rings. The number of hydrogen-bond donors (Lipinski definition) is 1. The quantitative estimate of drug-likeness (QED) is 0.614. The monoisotopic (exact) mass is 451 g/mol. The SMILES string of the molecule is COc1c(Br)cc(Br)cc1CNCCc1ccc(F)cc1.Cl. The summed E-state index contributed by atoms with van der Waals surface area (Å²) >= 11 is 6.97. The van der Waals surface area contributed by atoms with Crippen molar-refractivity contribution in [3.8, 4) is 5.75 Å². The lowest BCUT2D eigenvalue weighted by Gasteiger charge is -2.12. The molecule has 2 aromatic rings. The van der Waals surface area contributed by atoms with Crippen molar-refractivity contribution in [2.24, 2.45) is 0 Å². The first-order valence-corrected chi connectivity index (χ1v) is 8.16. The fourth-order valence-corrected chi connectivity index (χ4v) is 3.56. The van der Waals surface area contributed by atoms with Crippen molar-refractivity contribution >= 4 is 44.3 Å². The second-order valence-electron chi connectivity index (χ2n) is 4.63. The highest BCUT2D eigenvalue weighted by Crippen LogP contribution is 2.32. The standard InChI is InChI=1S/C16H16Br2FNO.ClH/c1-21-16-12(8-13(17)9-15(16)18)10-20-7-6-11-2-4-14(19)5-3-11;/h2-5,8-9,20H,6-7,10H2,1H3;1H. The first kappa shape index (κ1) is 19.4. The third kappa shape index (κ3) is 5.54. The Kier molecular flexibility index (Phi) is 8.39. The zero-order valence-corrected chi connectivity index (χ0v) is 16.0. The fraction of sp³-hybridized carbons (Fsp3) is 0.250. The van der Waals surface area contributed by atoms with Gasteiger partial charge in [0.2, 0.25) is 0 Å². The van der Waals surface area contributed by atoms with Gasteiger partial charge in [0, 0.05) is 16.6 Å². The van der Waals surface area contributed by atoms with Crippen LogP contribution in [0.1, 0.15) is 11.1 Å². The van der Waals surface area contributed by atoms with Gasteiger partial charge in [-0.1, -0.05) is 28.1 Å². The zero-order chi connectivity index (χ0) is 15.2. The molecule has 22 heavy (non-hydrogen) atoms. The van der Waals surface area contributed by atoms with Gasteiger partial charge in [0.05, 0.1) is 11.6 Å². The van der Waals surface area contributed by atoms with E-state index in [2.05, 4.69) is 37.2 Å². The molecule has 2 rings (SSSR count). The van der Waals surface area contributed by atoms with Gasteiger partial charge >= 0.3 is 0 Å². The summed E-state index contributed by atoms with van der Waals surface area (Å²) in [5.74, 6) is 0.642. The summed E-state index contributed by atoms with van der Waals surface area (Å²) in [5, 5.41) is 3.38. The maximum atomic E-state index is 12.8. The van der Waals surface area contributed by atoms with Gasteiger partial charge < -0.3 is 10.1 Å². The topological polar surface area (TPSA) is 21.3 Å². The second-order valence-corrected chi connectivity index (χ2v) is 6.40. The van der Waals surface area contributed by atoms with Crippen molar-refractivity contribution in [2.45, 2.75) is 13.0 Å². The van der Waals surface area contributed by atoms with Crippen molar-refractivity contribution in [3.05, 3.63) is 62.3 Å². The van der Waals surface area contributed by atoms with E-state index < -0.39 is 0 Å². The third-order valence-corrected chi connectivity index (χ3v) is 4.16. The Bertz CT molecular complexity index is 608. The molecule has 0 aliphatic rings. The minimum atomic E-state index is -0.199. The van der Waals surface area contributed by atoms with Crippen LogP contribution in [0.5, 0.6) is 5.75 Å². The molecule has 1 N–H and O–H groups in total. The van der Waals surface area contributed by atoms with E-state index in [0.717, 1.165) is 38.8 Å². The number of methoxy groups -OCH3 is 1. The normalized spacial score (nSPS) is 10.2. The predicted octanol–water partition coefficient (Wildman–Crippen LogP) is 5.11. The summed E-state index contributed by atoms with van der Waals surface area (Å²) in [6.45, 7) is 1.53. The van der Waals surface area contributed by atoms with E-state index in [4.69, 9.17) is 4.74 Å². The first-order chi connectivity index (χ1) is 10.1. The van der Waals surface area contributed by atoms with Crippen molar-refractivity contribution in [3.63, 3.8) is 0 Å². The number of nitrogens with one attached hydrogen (secondary N) is 1. The summed E-state index contributed by atoms with van der Waals surface area (Å²) < 4.78 is 20.2. The molecular formula is C16H17Br2ClFNO. The molecule has 120 valence electrons. The van der Waals surface area contributed by atoms with E-state index in [0.29, 0.717) is 6.54 Å². The van der Waals surface area contributed by atoms with Crippen molar-refractivity contribution in [1.29, 1.82) is 0 Å². The molecule has 0 aliphatic carbocycles. The number of hydrogen-bond acceptors (Lipinski definition) is 2. The van der Waals surface area contributed by atoms with Crippen LogP contribution < -0.4 is 10.1 Å². The average molecular weight is 454 g/mol.